The minimum absolute atomic E-state index is 0.253. The Kier molecular flexibility index (Phi) is 3.58. The fourth-order valence-electron chi connectivity index (χ4n) is 2.65. The molecule has 1 unspecified atom stereocenters. The smallest absolute Gasteiger partial charge is 0.0322 e. The summed E-state index contributed by atoms with van der Waals surface area (Å²) in [6, 6.07) is 7.58. The first kappa shape index (κ1) is 12.6. The van der Waals surface area contributed by atoms with Crippen LogP contribution >= 0.6 is 0 Å². The van der Waals surface area contributed by atoms with Crippen LogP contribution in [0.15, 0.2) is 18.2 Å². The van der Waals surface area contributed by atoms with E-state index in [0.29, 0.717) is 6.04 Å². The molecular formula is C16H25N. The van der Waals surface area contributed by atoms with Gasteiger partial charge in [0, 0.05) is 6.04 Å². The molecule has 0 aliphatic carbocycles. The molecule has 0 aromatic heterocycles. The predicted molar refractivity (Wildman–Crippen MR) is 74.5 cm³/mol. The van der Waals surface area contributed by atoms with E-state index in [0.717, 1.165) is 0 Å². The van der Waals surface area contributed by atoms with Gasteiger partial charge in [-0.05, 0) is 48.4 Å². The molecule has 2 rings (SSSR count). The Morgan fingerprint density at radius 2 is 1.94 bits per heavy atom. The summed E-state index contributed by atoms with van der Waals surface area (Å²) in [5.74, 6) is 0. The minimum Gasteiger partial charge on any atom is -0.310 e. The summed E-state index contributed by atoms with van der Waals surface area (Å²) >= 11 is 0. The van der Waals surface area contributed by atoms with E-state index < -0.39 is 0 Å². The van der Waals surface area contributed by atoms with Gasteiger partial charge in [-0.25, -0.2) is 0 Å². The minimum atomic E-state index is 0.253. The van der Waals surface area contributed by atoms with Gasteiger partial charge in [0.15, 0.2) is 0 Å². The van der Waals surface area contributed by atoms with Crippen LogP contribution in [0.25, 0.3) is 0 Å². The lowest BCUT2D eigenvalue weighted by atomic mass is 9.84. The van der Waals surface area contributed by atoms with Crippen molar-refractivity contribution in [1.29, 1.82) is 0 Å². The fraction of sp³-hybridized carbons (Fsp3) is 0.625. The van der Waals surface area contributed by atoms with Gasteiger partial charge in [-0.3, -0.25) is 0 Å². The molecule has 1 atom stereocenters. The molecule has 1 aromatic rings. The number of hydrogen-bond acceptors (Lipinski definition) is 1. The average molecular weight is 231 g/mol. The van der Waals surface area contributed by atoms with Crippen molar-refractivity contribution < 1.29 is 0 Å². The highest BCUT2D eigenvalue weighted by Crippen LogP contribution is 2.29. The van der Waals surface area contributed by atoms with Gasteiger partial charge in [0.2, 0.25) is 0 Å². The molecule has 17 heavy (non-hydrogen) atoms. The third-order valence-corrected chi connectivity index (χ3v) is 3.82. The summed E-state index contributed by atoms with van der Waals surface area (Å²) in [4.78, 5) is 0. The normalized spacial score (nSPS) is 21.5. The number of rotatable bonds is 1. The van der Waals surface area contributed by atoms with E-state index in [2.05, 4.69) is 51.2 Å². The molecule has 0 radical (unpaired) electrons. The first-order chi connectivity index (χ1) is 7.98. The van der Waals surface area contributed by atoms with Crippen molar-refractivity contribution in [2.24, 2.45) is 0 Å². The molecule has 0 amide bonds. The molecule has 0 spiro atoms. The second-order valence-electron chi connectivity index (χ2n) is 6.32. The SMILES string of the molecule is Cc1cc(C(C)(C)C)ccc1C1CCCCN1. The standard InChI is InChI=1S/C16H25N/c1-12-11-13(16(2,3)4)8-9-14(12)15-7-5-6-10-17-15/h8-9,11,15,17H,5-7,10H2,1-4H3. The Balaban J connectivity index is 2.25. The zero-order valence-corrected chi connectivity index (χ0v) is 11.6. The number of aryl methyl sites for hydroxylation is 1. The second kappa shape index (κ2) is 4.81. The second-order valence-corrected chi connectivity index (χ2v) is 6.32. The third-order valence-electron chi connectivity index (χ3n) is 3.82. The predicted octanol–water partition coefficient (Wildman–Crippen LogP) is 4.11. The van der Waals surface area contributed by atoms with E-state index in [1.165, 1.54) is 42.5 Å². The van der Waals surface area contributed by atoms with Crippen molar-refractivity contribution in [2.45, 2.75) is 58.4 Å². The van der Waals surface area contributed by atoms with Crippen LogP contribution in [0, 0.1) is 6.92 Å². The van der Waals surface area contributed by atoms with Gasteiger partial charge in [0.1, 0.15) is 0 Å². The van der Waals surface area contributed by atoms with Crippen molar-refractivity contribution >= 4 is 0 Å². The van der Waals surface area contributed by atoms with Crippen molar-refractivity contribution in [3.8, 4) is 0 Å². The Hall–Kier alpha value is -0.820. The third kappa shape index (κ3) is 2.90. The van der Waals surface area contributed by atoms with Crippen LogP contribution in [0.3, 0.4) is 0 Å². The van der Waals surface area contributed by atoms with Crippen LogP contribution in [0.1, 0.15) is 62.8 Å². The zero-order valence-electron chi connectivity index (χ0n) is 11.6. The molecule has 1 heterocycles. The van der Waals surface area contributed by atoms with Gasteiger partial charge < -0.3 is 5.32 Å². The van der Waals surface area contributed by atoms with Crippen molar-refractivity contribution in [3.05, 3.63) is 34.9 Å². The number of hydrogen-bond donors (Lipinski definition) is 1. The summed E-state index contributed by atoms with van der Waals surface area (Å²) in [7, 11) is 0. The molecule has 1 aromatic carbocycles. The Morgan fingerprint density at radius 1 is 1.18 bits per heavy atom. The Labute approximate surface area is 106 Å². The van der Waals surface area contributed by atoms with Crippen LogP contribution < -0.4 is 5.32 Å². The maximum absolute atomic E-state index is 3.63. The molecule has 1 aliphatic heterocycles. The zero-order chi connectivity index (χ0) is 12.5. The van der Waals surface area contributed by atoms with Crippen molar-refractivity contribution in [3.63, 3.8) is 0 Å². The molecule has 0 saturated carbocycles. The van der Waals surface area contributed by atoms with E-state index in [1.54, 1.807) is 0 Å². The van der Waals surface area contributed by atoms with Gasteiger partial charge in [0.25, 0.3) is 0 Å². The van der Waals surface area contributed by atoms with Crippen molar-refractivity contribution in [1.82, 2.24) is 5.32 Å². The van der Waals surface area contributed by atoms with Gasteiger partial charge in [-0.2, -0.15) is 0 Å². The van der Waals surface area contributed by atoms with Crippen LogP contribution in [0.2, 0.25) is 0 Å². The van der Waals surface area contributed by atoms with Gasteiger partial charge in [0.05, 0.1) is 0 Å². The molecule has 1 aliphatic rings. The van der Waals surface area contributed by atoms with Crippen LogP contribution in [-0.2, 0) is 5.41 Å². The first-order valence-corrected chi connectivity index (χ1v) is 6.83. The summed E-state index contributed by atoms with van der Waals surface area (Å²) in [5, 5.41) is 3.63. The molecule has 1 nitrogen and oxygen atoms in total. The van der Waals surface area contributed by atoms with Crippen LogP contribution in [-0.4, -0.2) is 6.54 Å². The summed E-state index contributed by atoms with van der Waals surface area (Å²) < 4.78 is 0. The molecule has 1 heteroatoms. The maximum atomic E-state index is 3.63. The molecule has 94 valence electrons. The quantitative estimate of drug-likeness (QED) is 0.767. The van der Waals surface area contributed by atoms with E-state index >= 15 is 0 Å². The molecule has 0 bridgehead atoms. The molecular weight excluding hydrogens is 206 g/mol. The highest BCUT2D eigenvalue weighted by atomic mass is 14.9. The first-order valence-electron chi connectivity index (χ1n) is 6.83. The number of nitrogens with one attached hydrogen (secondary N) is 1. The van der Waals surface area contributed by atoms with E-state index in [4.69, 9.17) is 0 Å². The van der Waals surface area contributed by atoms with Crippen LogP contribution in [0.4, 0.5) is 0 Å². The monoisotopic (exact) mass is 231 g/mol. The maximum Gasteiger partial charge on any atom is 0.0322 e. The van der Waals surface area contributed by atoms with Crippen molar-refractivity contribution in [2.75, 3.05) is 6.54 Å². The highest BCUT2D eigenvalue weighted by Gasteiger charge is 2.19. The lowest BCUT2D eigenvalue weighted by Gasteiger charge is -2.27. The lowest BCUT2D eigenvalue weighted by Crippen LogP contribution is -2.27. The van der Waals surface area contributed by atoms with Gasteiger partial charge in [-0.1, -0.05) is 45.4 Å². The van der Waals surface area contributed by atoms with E-state index in [9.17, 15) is 0 Å². The highest BCUT2D eigenvalue weighted by molar-refractivity contribution is 5.36. The van der Waals surface area contributed by atoms with Gasteiger partial charge in [-0.15, -0.1) is 0 Å². The fourth-order valence-corrected chi connectivity index (χ4v) is 2.65. The lowest BCUT2D eigenvalue weighted by molar-refractivity contribution is 0.411. The largest absolute Gasteiger partial charge is 0.310 e. The molecule has 1 saturated heterocycles. The van der Waals surface area contributed by atoms with E-state index in [1.807, 2.05) is 0 Å². The molecule has 1 N–H and O–H groups in total. The summed E-state index contributed by atoms with van der Waals surface area (Å²) in [5.41, 5.74) is 4.63. The van der Waals surface area contributed by atoms with Crippen LogP contribution in [0.5, 0.6) is 0 Å². The molecule has 1 fully saturated rings. The Bertz CT molecular complexity index is 381. The van der Waals surface area contributed by atoms with Gasteiger partial charge >= 0.3 is 0 Å². The average Bonchev–Trinajstić information content (AvgIpc) is 2.29. The Morgan fingerprint density at radius 3 is 2.47 bits per heavy atom. The number of benzene rings is 1. The summed E-state index contributed by atoms with van der Waals surface area (Å²) in [6.45, 7) is 10.3. The van der Waals surface area contributed by atoms with E-state index in [-0.39, 0.29) is 5.41 Å². The summed E-state index contributed by atoms with van der Waals surface area (Å²) in [6.07, 6.45) is 3.98. The topological polar surface area (TPSA) is 12.0 Å². The number of piperidine rings is 1.